The Morgan fingerprint density at radius 3 is 1.45 bits per heavy atom. The maximum atomic E-state index is 10.4. The molecule has 1 heterocycles. The molecule has 25 heteroatoms. The first-order chi connectivity index (χ1) is 23.0. The van der Waals surface area contributed by atoms with Gasteiger partial charge in [0.2, 0.25) is 0 Å². The fourth-order valence-corrected chi connectivity index (χ4v) is 3.37. The van der Waals surface area contributed by atoms with Crippen LogP contribution in [0.3, 0.4) is 0 Å². The van der Waals surface area contributed by atoms with E-state index < -0.39 is 75.2 Å². The second kappa shape index (κ2) is 17.0. The Morgan fingerprint density at radius 2 is 1.12 bits per heavy atom. The lowest BCUT2D eigenvalue weighted by Gasteiger charge is -2.04. The Morgan fingerprint density at radius 1 is 0.714 bits per heavy atom. The van der Waals surface area contributed by atoms with Gasteiger partial charge in [-0.1, -0.05) is 18.2 Å². The average molecular weight is 687 g/mol. The number of phenols is 2. The summed E-state index contributed by atoms with van der Waals surface area (Å²) >= 11 is 0. The molecule has 0 bridgehead atoms. The van der Waals surface area contributed by atoms with Crippen molar-refractivity contribution in [3.8, 4) is 11.5 Å². The quantitative estimate of drug-likeness (QED) is 0.0687. The van der Waals surface area contributed by atoms with Gasteiger partial charge < -0.3 is 26.2 Å². The molecule has 0 fully saturated rings. The summed E-state index contributed by atoms with van der Waals surface area (Å²) in [5.41, 5.74) is 1.75. The van der Waals surface area contributed by atoms with Gasteiger partial charge in [-0.3, -0.25) is 65.7 Å². The number of nitrogens with zero attached hydrogens (tertiary/aromatic N) is 8. The van der Waals surface area contributed by atoms with E-state index in [1.54, 1.807) is 12.5 Å². The number of imidazole rings is 1. The first-order valence-electron chi connectivity index (χ1n) is 12.7. The summed E-state index contributed by atoms with van der Waals surface area (Å²) in [5, 5.41) is 83.5. The van der Waals surface area contributed by atoms with Crippen LogP contribution < -0.4 is 11.1 Å². The highest BCUT2D eigenvalue weighted by molar-refractivity contribution is 5.92. The van der Waals surface area contributed by atoms with Gasteiger partial charge >= 0.3 is 22.7 Å². The number of anilines is 1. The largest absolute Gasteiger partial charge is 0.497 e. The first-order valence-corrected chi connectivity index (χ1v) is 12.7. The molecule has 256 valence electrons. The lowest BCUT2D eigenvalue weighted by molar-refractivity contribution is -0.404. The lowest BCUT2D eigenvalue weighted by atomic mass is 10.2. The zero-order chi connectivity index (χ0) is 36.8. The van der Waals surface area contributed by atoms with E-state index in [1.807, 2.05) is 30.3 Å². The number of aliphatic imine (C=N–C) groups is 1. The SMILES string of the molecule is NC(=NCCc1cnc[nH]1)Nc1ccccc1.O=[N+]([O-])c1cc([N+](=O)[O-])c(O)c([N+](=O)[O-])c1.O=[N+]([O-])c1cc([N+](=O)[O-])c(O)c([N+](=O)[O-])c1. The smallest absolute Gasteiger partial charge is 0.324 e. The number of benzene rings is 3. The predicted molar refractivity (Wildman–Crippen MR) is 165 cm³/mol. The van der Waals surface area contributed by atoms with Crippen LogP contribution in [0.5, 0.6) is 11.5 Å². The number of hydrogen-bond acceptors (Lipinski definition) is 16. The minimum atomic E-state index is -1.21. The van der Waals surface area contributed by atoms with E-state index in [9.17, 15) is 60.7 Å². The van der Waals surface area contributed by atoms with Crippen LogP contribution in [0.15, 0.2) is 72.1 Å². The van der Waals surface area contributed by atoms with Crippen molar-refractivity contribution in [1.82, 2.24) is 9.97 Å². The van der Waals surface area contributed by atoms with Crippen LogP contribution in [-0.4, -0.2) is 62.2 Å². The Balaban J connectivity index is 0.000000255. The van der Waals surface area contributed by atoms with Crippen LogP contribution in [0.4, 0.5) is 39.8 Å². The number of aromatic amines is 1. The van der Waals surface area contributed by atoms with Crippen LogP contribution in [0.1, 0.15) is 5.69 Å². The molecule has 6 N–H and O–H groups in total. The number of nitro groups is 6. The lowest BCUT2D eigenvalue weighted by Crippen LogP contribution is -2.23. The molecule has 0 atom stereocenters. The van der Waals surface area contributed by atoms with Crippen LogP contribution in [0.2, 0.25) is 0 Å². The Bertz CT molecular complexity index is 1740. The van der Waals surface area contributed by atoms with Gasteiger partial charge in [-0.2, -0.15) is 0 Å². The normalized spacial score (nSPS) is 10.3. The number of non-ortho nitro benzene ring substituents is 2. The molecular formula is C24H21N11O14. The van der Waals surface area contributed by atoms with E-state index in [1.165, 1.54) is 0 Å². The third-order valence-corrected chi connectivity index (χ3v) is 5.58. The summed E-state index contributed by atoms with van der Waals surface area (Å²) in [5.74, 6) is -1.99. The zero-order valence-corrected chi connectivity index (χ0v) is 24.2. The maximum Gasteiger partial charge on any atom is 0.324 e. The van der Waals surface area contributed by atoms with Crippen LogP contribution in [0, 0.1) is 60.7 Å². The van der Waals surface area contributed by atoms with Gasteiger partial charge in [0.05, 0.1) is 60.1 Å². The van der Waals surface area contributed by atoms with Gasteiger partial charge in [-0.05, 0) is 12.1 Å². The monoisotopic (exact) mass is 687 g/mol. The molecular weight excluding hydrogens is 666 g/mol. The van der Waals surface area contributed by atoms with Crippen molar-refractivity contribution in [1.29, 1.82) is 0 Å². The molecule has 0 radical (unpaired) electrons. The summed E-state index contributed by atoms with van der Waals surface area (Å²) in [6.45, 7) is 0.633. The minimum Gasteiger partial charge on any atom is -0.497 e. The molecule has 0 unspecified atom stereocenters. The number of rotatable bonds is 10. The van der Waals surface area contributed by atoms with Crippen LogP contribution >= 0.6 is 0 Å². The summed E-state index contributed by atoms with van der Waals surface area (Å²) in [6.07, 6.45) is 4.25. The number of nitro benzene ring substituents is 6. The van der Waals surface area contributed by atoms with E-state index in [0.29, 0.717) is 36.8 Å². The second-order valence-electron chi connectivity index (χ2n) is 8.79. The summed E-state index contributed by atoms with van der Waals surface area (Å²) in [6, 6.07) is 11.5. The third-order valence-electron chi connectivity index (χ3n) is 5.58. The van der Waals surface area contributed by atoms with Crippen molar-refractivity contribution in [3.05, 3.63) is 134 Å². The second-order valence-corrected chi connectivity index (χ2v) is 8.79. The number of hydrogen-bond donors (Lipinski definition) is 5. The van der Waals surface area contributed by atoms with Gasteiger partial charge in [-0.25, -0.2) is 4.98 Å². The van der Waals surface area contributed by atoms with Crippen molar-refractivity contribution in [2.75, 3.05) is 11.9 Å². The minimum absolute atomic E-state index is 0.427. The van der Waals surface area contributed by atoms with Crippen molar-refractivity contribution in [2.24, 2.45) is 10.7 Å². The standard InChI is InChI=1S/C12H15N5.2C6H3N3O7/c13-12(17-10-4-2-1-3-5-10)15-7-6-11-8-14-9-16-11;2*10-6-4(8(13)14)1-3(7(11)12)2-5(6)9(15)16/h1-5,8-9H,6-7H2,(H,14,16)(H3,13,15,17);2*1-2,10H. The predicted octanol–water partition coefficient (Wildman–Crippen LogP) is 3.61. The molecule has 25 nitrogen and oxygen atoms in total. The van der Waals surface area contributed by atoms with E-state index >= 15 is 0 Å². The average Bonchev–Trinajstić information content (AvgIpc) is 3.55. The van der Waals surface area contributed by atoms with Gasteiger partial charge in [-0.15, -0.1) is 0 Å². The number of aromatic nitrogens is 2. The molecule has 0 amide bonds. The fraction of sp³-hybridized carbons (Fsp3) is 0.0833. The maximum absolute atomic E-state index is 10.4. The molecule has 3 aromatic carbocycles. The number of H-pyrrole nitrogens is 1. The van der Waals surface area contributed by atoms with E-state index in [0.717, 1.165) is 17.8 Å². The number of aromatic hydroxyl groups is 2. The molecule has 49 heavy (non-hydrogen) atoms. The highest BCUT2D eigenvalue weighted by atomic mass is 16.7. The number of para-hydroxylation sites is 1. The molecule has 0 spiro atoms. The van der Waals surface area contributed by atoms with Crippen LogP contribution in [-0.2, 0) is 6.42 Å². The number of guanidine groups is 1. The summed E-state index contributed by atoms with van der Waals surface area (Å²) in [7, 11) is 0. The molecule has 4 aromatic rings. The van der Waals surface area contributed by atoms with Gasteiger partial charge in [0.1, 0.15) is 0 Å². The molecule has 0 saturated carbocycles. The molecule has 0 aliphatic carbocycles. The van der Waals surface area contributed by atoms with Crippen molar-refractivity contribution in [2.45, 2.75) is 6.42 Å². The van der Waals surface area contributed by atoms with Crippen molar-refractivity contribution >= 4 is 45.8 Å². The van der Waals surface area contributed by atoms with E-state index in [4.69, 9.17) is 15.9 Å². The highest BCUT2D eigenvalue weighted by Gasteiger charge is 2.31. The van der Waals surface area contributed by atoms with E-state index in [2.05, 4.69) is 20.3 Å². The molecule has 1 aromatic heterocycles. The molecule has 0 aliphatic rings. The molecule has 4 rings (SSSR count). The topological polar surface area (TPSA) is 378 Å². The summed E-state index contributed by atoms with van der Waals surface area (Å²) < 4.78 is 0. The first kappa shape index (κ1) is 37.3. The molecule has 0 saturated heterocycles. The van der Waals surface area contributed by atoms with E-state index in [-0.39, 0.29) is 0 Å². The van der Waals surface area contributed by atoms with Crippen molar-refractivity contribution in [3.63, 3.8) is 0 Å². The summed E-state index contributed by atoms with van der Waals surface area (Å²) in [4.78, 5) is 66.7. The highest BCUT2D eigenvalue weighted by Crippen LogP contribution is 2.40. The number of nitrogens with two attached hydrogens (primary N) is 1. The number of phenolic OH excluding ortho intramolecular Hbond substituents is 2. The van der Waals surface area contributed by atoms with Crippen molar-refractivity contribution < 1.29 is 39.8 Å². The fourth-order valence-electron chi connectivity index (χ4n) is 3.37. The molecule has 0 aliphatic heterocycles. The number of nitrogens with one attached hydrogen (secondary N) is 2. The van der Waals surface area contributed by atoms with Gasteiger partial charge in [0.15, 0.2) is 5.96 Å². The van der Waals surface area contributed by atoms with Gasteiger partial charge in [0, 0.05) is 30.5 Å². The third kappa shape index (κ3) is 10.9. The zero-order valence-electron chi connectivity index (χ0n) is 24.2. The van der Waals surface area contributed by atoms with Crippen LogP contribution in [0.25, 0.3) is 0 Å². The van der Waals surface area contributed by atoms with Gasteiger partial charge in [0.25, 0.3) is 22.9 Å². The Labute approximate surface area is 269 Å². The Kier molecular flexibility index (Phi) is 13.0. The Hall–Kier alpha value is -7.86.